The summed E-state index contributed by atoms with van der Waals surface area (Å²) >= 11 is 1.49. The van der Waals surface area contributed by atoms with Crippen molar-refractivity contribution in [2.45, 2.75) is 19.3 Å². The van der Waals surface area contributed by atoms with Gasteiger partial charge >= 0.3 is 5.82 Å². The summed E-state index contributed by atoms with van der Waals surface area (Å²) in [4.78, 5) is 12.1. The predicted octanol–water partition coefficient (Wildman–Crippen LogP) is 1.99. The van der Waals surface area contributed by atoms with E-state index >= 15 is 0 Å². The van der Waals surface area contributed by atoms with Crippen LogP contribution < -0.4 is 0 Å². The lowest BCUT2D eigenvalue weighted by Gasteiger charge is -2.20. The maximum absolute atomic E-state index is 10.5. The molecule has 0 unspecified atom stereocenters. The van der Waals surface area contributed by atoms with E-state index in [0.29, 0.717) is 6.54 Å². The molecule has 0 atom stereocenters. The monoisotopic (exact) mass is 294 g/mol. The normalized spacial score (nSPS) is 15.8. The molecule has 0 aromatic carbocycles. The molecule has 3 heterocycles. The largest absolute Gasteiger partial charge is 0.452 e. The van der Waals surface area contributed by atoms with E-state index in [1.54, 1.807) is 0 Å². The Morgan fingerprint density at radius 2 is 2.25 bits per heavy atom. The number of ether oxygens (including phenoxy) is 2. The van der Waals surface area contributed by atoms with Crippen molar-refractivity contribution in [2.75, 3.05) is 0 Å². The number of nitro groups is 1. The molecule has 20 heavy (non-hydrogen) atoms. The first-order chi connectivity index (χ1) is 9.57. The summed E-state index contributed by atoms with van der Waals surface area (Å²) < 4.78 is 10.8. The molecule has 0 radical (unpaired) electrons. The molecule has 0 bridgehead atoms. The molecule has 1 aliphatic heterocycles. The third kappa shape index (κ3) is 2.23. The lowest BCUT2D eigenvalue weighted by atomic mass is 10.2. The van der Waals surface area contributed by atoms with E-state index in [0.717, 1.165) is 16.6 Å². The molecule has 0 fully saturated rings. The number of hydrogen-bond donors (Lipinski definition) is 0. The van der Waals surface area contributed by atoms with Crippen molar-refractivity contribution in [3.05, 3.63) is 50.7 Å². The lowest BCUT2D eigenvalue weighted by Crippen LogP contribution is -2.20. The molecule has 104 valence electrons. The zero-order valence-corrected chi connectivity index (χ0v) is 11.2. The first kappa shape index (κ1) is 12.6. The van der Waals surface area contributed by atoms with E-state index in [4.69, 9.17) is 9.47 Å². The molecule has 3 rings (SSSR count). The highest BCUT2D eigenvalue weighted by Crippen LogP contribution is 2.35. The molecule has 0 N–H and O–H groups in total. The number of hydrogen-bond acceptors (Lipinski definition) is 7. The second-order valence-corrected chi connectivity index (χ2v) is 5.17. The Morgan fingerprint density at radius 3 is 2.90 bits per heavy atom. The standard InChI is InChI=1S/C11H10N4O4S/c1-11(18-2-3-19-11)9-4-8(7-20-9)6-14-12-5-10(13-14)15(16)17/h2-5,7H,6H2,1H3. The Kier molecular flexibility index (Phi) is 2.90. The van der Waals surface area contributed by atoms with Gasteiger partial charge in [-0.05, 0) is 21.9 Å². The third-order valence-electron chi connectivity index (χ3n) is 2.78. The van der Waals surface area contributed by atoms with Gasteiger partial charge in [-0.15, -0.1) is 16.4 Å². The van der Waals surface area contributed by atoms with Crippen molar-refractivity contribution in [1.29, 1.82) is 0 Å². The van der Waals surface area contributed by atoms with Gasteiger partial charge in [-0.2, -0.15) is 0 Å². The van der Waals surface area contributed by atoms with E-state index in [2.05, 4.69) is 10.2 Å². The van der Waals surface area contributed by atoms with Crippen LogP contribution in [0.3, 0.4) is 0 Å². The molecule has 0 saturated heterocycles. The summed E-state index contributed by atoms with van der Waals surface area (Å²) in [7, 11) is 0. The molecule has 8 nitrogen and oxygen atoms in total. The SMILES string of the molecule is CC1(c2cc(Cn3ncc([N+](=O)[O-])n3)cs2)OC=CO1. The van der Waals surface area contributed by atoms with Crippen LogP contribution in [-0.4, -0.2) is 19.9 Å². The van der Waals surface area contributed by atoms with E-state index in [-0.39, 0.29) is 5.82 Å². The molecule has 1 aliphatic rings. The Labute approximate surface area is 117 Å². The fourth-order valence-electron chi connectivity index (χ4n) is 1.77. The molecular formula is C11H10N4O4S. The Morgan fingerprint density at radius 1 is 1.50 bits per heavy atom. The Balaban J connectivity index is 1.75. The van der Waals surface area contributed by atoms with Crippen LogP contribution in [0.5, 0.6) is 0 Å². The zero-order valence-electron chi connectivity index (χ0n) is 10.4. The summed E-state index contributed by atoms with van der Waals surface area (Å²) in [5.41, 5.74) is 0.927. The summed E-state index contributed by atoms with van der Waals surface area (Å²) in [5, 5.41) is 20.1. The van der Waals surface area contributed by atoms with Crippen molar-refractivity contribution in [3.63, 3.8) is 0 Å². The minimum atomic E-state index is -0.799. The van der Waals surface area contributed by atoms with Crippen LogP contribution in [0.25, 0.3) is 0 Å². The van der Waals surface area contributed by atoms with E-state index in [9.17, 15) is 10.1 Å². The molecule has 0 aliphatic carbocycles. The second kappa shape index (κ2) is 4.60. The number of rotatable bonds is 4. The highest BCUT2D eigenvalue weighted by Gasteiger charge is 2.33. The van der Waals surface area contributed by atoms with Crippen LogP contribution in [0.4, 0.5) is 5.82 Å². The van der Waals surface area contributed by atoms with E-state index in [1.807, 2.05) is 18.4 Å². The minimum absolute atomic E-state index is 0.265. The minimum Gasteiger partial charge on any atom is -0.452 e. The predicted molar refractivity (Wildman–Crippen MR) is 68.8 cm³/mol. The molecule has 0 spiro atoms. The lowest BCUT2D eigenvalue weighted by molar-refractivity contribution is -0.389. The molecule has 2 aromatic rings. The first-order valence-corrected chi connectivity index (χ1v) is 6.58. The number of aromatic nitrogens is 3. The molecule has 0 saturated carbocycles. The van der Waals surface area contributed by atoms with E-state index in [1.165, 1.54) is 28.7 Å². The van der Waals surface area contributed by atoms with Gasteiger partial charge in [0.05, 0.1) is 9.98 Å². The van der Waals surface area contributed by atoms with Crippen molar-refractivity contribution >= 4 is 17.2 Å². The number of nitrogens with zero attached hydrogens (tertiary/aromatic N) is 4. The van der Waals surface area contributed by atoms with Crippen LogP contribution in [0.2, 0.25) is 0 Å². The average molecular weight is 294 g/mol. The fourth-order valence-corrected chi connectivity index (χ4v) is 2.72. The molecule has 9 heteroatoms. The van der Waals surface area contributed by atoms with Crippen molar-refractivity contribution in [2.24, 2.45) is 0 Å². The molecule has 0 amide bonds. The van der Waals surface area contributed by atoms with Gasteiger partial charge < -0.3 is 19.6 Å². The topological polar surface area (TPSA) is 92.3 Å². The van der Waals surface area contributed by atoms with Gasteiger partial charge in [0.25, 0.3) is 5.79 Å². The van der Waals surface area contributed by atoms with Crippen LogP contribution >= 0.6 is 11.3 Å². The summed E-state index contributed by atoms with van der Waals surface area (Å²) in [5.74, 6) is -1.06. The quantitative estimate of drug-likeness (QED) is 0.632. The maximum Gasteiger partial charge on any atom is 0.410 e. The summed E-state index contributed by atoms with van der Waals surface area (Å²) in [6, 6.07) is 1.91. The van der Waals surface area contributed by atoms with Crippen molar-refractivity contribution < 1.29 is 14.4 Å². The summed E-state index contributed by atoms with van der Waals surface area (Å²) in [6.45, 7) is 2.17. The highest BCUT2D eigenvalue weighted by atomic mass is 32.1. The van der Waals surface area contributed by atoms with Crippen LogP contribution in [0.15, 0.2) is 30.2 Å². The van der Waals surface area contributed by atoms with Crippen molar-refractivity contribution in [3.8, 4) is 0 Å². The van der Waals surface area contributed by atoms with Gasteiger partial charge in [0.2, 0.25) is 0 Å². The van der Waals surface area contributed by atoms with E-state index < -0.39 is 10.7 Å². The third-order valence-corrected chi connectivity index (χ3v) is 3.94. The maximum atomic E-state index is 10.5. The van der Waals surface area contributed by atoms with Gasteiger partial charge in [0, 0.05) is 6.92 Å². The smallest absolute Gasteiger partial charge is 0.410 e. The van der Waals surface area contributed by atoms with Gasteiger partial charge in [0.1, 0.15) is 19.1 Å². The zero-order chi connectivity index (χ0) is 14.2. The molecular weight excluding hydrogens is 284 g/mol. The fraction of sp³-hybridized carbons (Fsp3) is 0.273. The summed E-state index contributed by atoms with van der Waals surface area (Å²) in [6.07, 6.45) is 4.12. The van der Waals surface area contributed by atoms with Gasteiger partial charge in [-0.1, -0.05) is 4.80 Å². The van der Waals surface area contributed by atoms with Crippen LogP contribution in [0.1, 0.15) is 17.4 Å². The Bertz CT molecular complexity index is 670. The van der Waals surface area contributed by atoms with Crippen LogP contribution in [-0.2, 0) is 21.8 Å². The molecule has 2 aromatic heterocycles. The number of thiophene rings is 1. The van der Waals surface area contributed by atoms with Gasteiger partial charge in [-0.25, -0.2) is 0 Å². The average Bonchev–Trinajstić information content (AvgIpc) is 3.10. The second-order valence-electron chi connectivity index (χ2n) is 4.26. The first-order valence-electron chi connectivity index (χ1n) is 5.70. The van der Waals surface area contributed by atoms with Gasteiger partial charge in [-0.3, -0.25) is 0 Å². The van der Waals surface area contributed by atoms with Crippen LogP contribution in [0, 0.1) is 10.1 Å². The highest BCUT2D eigenvalue weighted by molar-refractivity contribution is 7.10. The Hall–Kier alpha value is -2.42. The van der Waals surface area contributed by atoms with Gasteiger partial charge in [0.15, 0.2) is 6.20 Å². The van der Waals surface area contributed by atoms with Crippen molar-refractivity contribution in [1.82, 2.24) is 15.0 Å².